The molecule has 4 aromatic heterocycles. The number of para-hydroxylation sites is 3. The van der Waals surface area contributed by atoms with Crippen molar-refractivity contribution in [2.75, 3.05) is 0 Å². The van der Waals surface area contributed by atoms with Gasteiger partial charge in [0.2, 0.25) is 11.6 Å². The minimum atomic E-state index is -2.34. The first-order valence-electron chi connectivity index (χ1n) is 29.7. The van der Waals surface area contributed by atoms with Crippen LogP contribution in [0, 0.1) is 102 Å². The van der Waals surface area contributed by atoms with E-state index in [1.807, 2.05) is 215 Å². The summed E-state index contributed by atoms with van der Waals surface area (Å²) in [6, 6.07) is 61.3. The van der Waals surface area contributed by atoms with Gasteiger partial charge in [0, 0.05) is 54.2 Å². The predicted molar refractivity (Wildman–Crippen MR) is 347 cm³/mol. The van der Waals surface area contributed by atoms with E-state index in [-0.39, 0.29) is 28.9 Å². The van der Waals surface area contributed by atoms with Crippen molar-refractivity contribution in [1.82, 2.24) is 18.3 Å². The highest BCUT2D eigenvalue weighted by Crippen LogP contribution is 2.46. The molecule has 0 radical (unpaired) electrons. The highest BCUT2D eigenvalue weighted by Gasteiger charge is 2.33. The Labute approximate surface area is 527 Å². The number of fused-ring (bicyclic) bond motifs is 12. The Morgan fingerprint density at radius 2 is 0.564 bits per heavy atom. The van der Waals surface area contributed by atoms with Crippen molar-refractivity contribution in [2.45, 2.75) is 27.2 Å². The van der Waals surface area contributed by atoms with E-state index in [9.17, 15) is 19.3 Å². The van der Waals surface area contributed by atoms with Crippen molar-refractivity contribution >= 4 is 87.2 Å². The average Bonchev–Trinajstić information content (AvgIpc) is 1.54. The molecule has 0 aliphatic carbocycles. The molecule has 0 aliphatic rings. The number of halogens is 10. The van der Waals surface area contributed by atoms with Crippen LogP contribution in [-0.4, -0.2) is 18.3 Å². The number of aromatic nitrogens is 4. The maximum Gasteiger partial charge on any atom is 0.200 e. The van der Waals surface area contributed by atoms with Crippen LogP contribution in [-0.2, 0) is 6.42 Å². The molecule has 16 rings (SSSR count). The highest BCUT2D eigenvalue weighted by atomic mass is 19.2. The van der Waals surface area contributed by atoms with E-state index in [1.54, 1.807) is 0 Å². The van der Waals surface area contributed by atoms with Crippen molar-refractivity contribution in [3.63, 3.8) is 0 Å². The standard InChI is InChI=1S/C78H42F10N6/c1-38-17-24-58-53(26-38)47-12-6-9-15-57(47)91(58)65-34-51(67-69(79)73(83)77(87)74(84)70(67)80)43(36-89)32-63(65)94-59-25-18-39(2)27-54(59)50-23-20-42(31-62(50)94)29-41-19-22-49-46-11-5-8-14-56(46)93(61(49)30-41)64-33-44(37-90)52(68-71(81)75(85)78(88)76(86)72(68)82)35-66(64)92-55-13-7-4-10-45(55)48-21-16-40(3)28-60(48)92/h4-28,30-35H,29H2,1-3H3. The molecular formula is C78H42F10N6. The zero-order chi connectivity index (χ0) is 65.0. The maximum atomic E-state index is 16.2. The summed E-state index contributed by atoms with van der Waals surface area (Å²) < 4.78 is 163. The molecule has 0 atom stereocenters. The molecule has 0 amide bonds. The van der Waals surface area contributed by atoms with Crippen LogP contribution in [0.25, 0.3) is 132 Å². The molecule has 454 valence electrons. The van der Waals surface area contributed by atoms with Crippen LogP contribution in [0.2, 0.25) is 0 Å². The van der Waals surface area contributed by atoms with Crippen molar-refractivity contribution in [3.05, 3.63) is 285 Å². The topological polar surface area (TPSA) is 67.3 Å². The average molecular weight is 1250 g/mol. The van der Waals surface area contributed by atoms with Crippen LogP contribution in [0.1, 0.15) is 38.9 Å². The van der Waals surface area contributed by atoms with Gasteiger partial charge < -0.3 is 18.3 Å². The summed E-state index contributed by atoms with van der Waals surface area (Å²) in [6.45, 7) is 5.78. The number of hydrogen-bond acceptors (Lipinski definition) is 2. The van der Waals surface area contributed by atoms with E-state index in [0.717, 1.165) is 70.9 Å². The number of nitriles is 2. The van der Waals surface area contributed by atoms with E-state index in [0.29, 0.717) is 55.5 Å². The van der Waals surface area contributed by atoms with E-state index in [1.165, 1.54) is 24.3 Å². The summed E-state index contributed by atoms with van der Waals surface area (Å²) in [7, 11) is 0. The lowest BCUT2D eigenvalue weighted by atomic mass is 9.96. The van der Waals surface area contributed by atoms with Gasteiger partial charge in [0.25, 0.3) is 0 Å². The number of hydrogen-bond donors (Lipinski definition) is 0. The molecule has 0 bridgehead atoms. The Morgan fingerprint density at radius 1 is 0.277 bits per heavy atom. The molecule has 16 heteroatoms. The molecule has 6 nitrogen and oxygen atoms in total. The summed E-state index contributed by atoms with van der Waals surface area (Å²) in [5, 5.41) is 28.3. The maximum absolute atomic E-state index is 16.2. The minimum absolute atomic E-state index is 0.242. The van der Waals surface area contributed by atoms with Gasteiger partial charge in [-0.3, -0.25) is 0 Å². The van der Waals surface area contributed by atoms with Gasteiger partial charge in [-0.15, -0.1) is 0 Å². The zero-order valence-corrected chi connectivity index (χ0v) is 49.6. The number of nitrogens with zero attached hydrogens (tertiary/aromatic N) is 6. The summed E-state index contributed by atoms with van der Waals surface area (Å²) in [5.74, 6) is -21.8. The highest BCUT2D eigenvalue weighted by molar-refractivity contribution is 6.14. The largest absolute Gasteiger partial charge is 0.307 e. The molecule has 0 fully saturated rings. The summed E-state index contributed by atoms with van der Waals surface area (Å²) in [5.41, 5.74) is 6.19. The Morgan fingerprint density at radius 3 is 0.968 bits per heavy atom. The minimum Gasteiger partial charge on any atom is -0.307 e. The molecule has 94 heavy (non-hydrogen) atoms. The van der Waals surface area contributed by atoms with Crippen molar-refractivity contribution in [2.24, 2.45) is 0 Å². The lowest BCUT2D eigenvalue weighted by Crippen LogP contribution is -2.08. The van der Waals surface area contributed by atoms with E-state index >= 15 is 35.1 Å². The lowest BCUT2D eigenvalue weighted by Gasteiger charge is -2.20. The molecule has 16 aromatic rings. The second-order valence-electron chi connectivity index (χ2n) is 23.7. The van der Waals surface area contributed by atoms with Crippen molar-refractivity contribution in [1.29, 1.82) is 10.5 Å². The van der Waals surface area contributed by atoms with Crippen molar-refractivity contribution in [3.8, 4) is 57.1 Å². The second-order valence-corrected chi connectivity index (χ2v) is 23.7. The first-order chi connectivity index (χ1) is 45.4. The van der Waals surface area contributed by atoms with Gasteiger partial charge in [0.1, 0.15) is 0 Å². The van der Waals surface area contributed by atoms with Crippen molar-refractivity contribution < 1.29 is 43.9 Å². The fourth-order valence-corrected chi connectivity index (χ4v) is 14.0. The van der Waals surface area contributed by atoms with Gasteiger partial charge >= 0.3 is 0 Å². The SMILES string of the molecule is Cc1ccc2c(c1)c1ccccc1n2-c1cc(-c2c(F)c(F)c(F)c(F)c2F)c(C#N)cc1-n1c2ccc(C)cc2c2ccc(Cc3ccc4c5ccccc5n(-c5cc(C#N)c(-c6c(F)c(F)c(F)c(F)c6F)cc5-n5c6ccccc6c6ccc(C)cc65)c4c3)cc21. The Hall–Kier alpha value is -11.9. The van der Waals surface area contributed by atoms with Gasteiger partial charge in [-0.1, -0.05) is 114 Å². The molecular weight excluding hydrogens is 1210 g/mol. The van der Waals surface area contributed by atoms with Gasteiger partial charge in [-0.05, 0) is 129 Å². The Bertz CT molecular complexity index is 6110. The predicted octanol–water partition coefficient (Wildman–Crippen LogP) is 21.1. The van der Waals surface area contributed by atoms with Crippen LogP contribution in [0.4, 0.5) is 43.9 Å². The monoisotopic (exact) mass is 1250 g/mol. The molecule has 12 aromatic carbocycles. The van der Waals surface area contributed by atoms with E-state index in [2.05, 4.69) is 0 Å². The van der Waals surface area contributed by atoms with E-state index < -0.39 is 80.4 Å². The number of benzene rings is 12. The van der Waals surface area contributed by atoms with Crippen LogP contribution in [0.5, 0.6) is 0 Å². The van der Waals surface area contributed by atoms with E-state index in [4.69, 9.17) is 0 Å². The molecule has 0 saturated carbocycles. The third-order valence-corrected chi connectivity index (χ3v) is 18.2. The van der Waals surface area contributed by atoms with Crippen LogP contribution in [0.15, 0.2) is 188 Å². The van der Waals surface area contributed by atoms with Crippen LogP contribution >= 0.6 is 0 Å². The van der Waals surface area contributed by atoms with Gasteiger partial charge in [0.05, 0.1) is 101 Å². The summed E-state index contributed by atoms with van der Waals surface area (Å²) in [4.78, 5) is 0. The fraction of sp³-hybridized carbons (Fsp3) is 0.0513. The lowest BCUT2D eigenvalue weighted by molar-refractivity contribution is 0.381. The third-order valence-electron chi connectivity index (χ3n) is 18.2. The second kappa shape index (κ2) is 21.1. The van der Waals surface area contributed by atoms with Gasteiger partial charge in [-0.25, -0.2) is 43.9 Å². The quantitative estimate of drug-likeness (QED) is 0.0864. The number of rotatable bonds is 8. The fourth-order valence-electron chi connectivity index (χ4n) is 14.0. The Balaban J connectivity index is 0.940. The Kier molecular flexibility index (Phi) is 12.9. The molecule has 0 spiro atoms. The normalized spacial score (nSPS) is 11.9. The van der Waals surface area contributed by atoms with Gasteiger partial charge in [-0.2, -0.15) is 10.5 Å². The molecule has 0 saturated heterocycles. The smallest absolute Gasteiger partial charge is 0.200 e. The summed E-state index contributed by atoms with van der Waals surface area (Å²) >= 11 is 0. The van der Waals surface area contributed by atoms with Crippen LogP contribution in [0.3, 0.4) is 0 Å². The van der Waals surface area contributed by atoms with Crippen LogP contribution < -0.4 is 0 Å². The number of aryl methyl sites for hydroxylation is 3. The third kappa shape index (κ3) is 8.28. The molecule has 0 aliphatic heterocycles. The molecule has 4 heterocycles. The molecule has 0 unspecified atom stereocenters. The summed E-state index contributed by atoms with van der Waals surface area (Å²) in [6.07, 6.45) is 0.275. The first-order valence-corrected chi connectivity index (χ1v) is 29.7. The van der Waals surface area contributed by atoms with Gasteiger partial charge in [0.15, 0.2) is 46.5 Å². The molecule has 0 N–H and O–H groups in total. The first kappa shape index (κ1) is 57.3. The zero-order valence-electron chi connectivity index (χ0n) is 49.6.